The van der Waals surface area contributed by atoms with Gasteiger partial charge in [0.1, 0.15) is 0 Å². The number of rotatable bonds is 7. The number of H-pyrrole nitrogens is 1. The van der Waals surface area contributed by atoms with E-state index in [4.69, 9.17) is 0 Å². The summed E-state index contributed by atoms with van der Waals surface area (Å²) in [5.74, 6) is 1.44. The molecule has 5 aromatic rings. The minimum absolute atomic E-state index is 0.0493. The Balaban J connectivity index is 1.51. The van der Waals surface area contributed by atoms with Crippen molar-refractivity contribution in [3.05, 3.63) is 71.2 Å². The lowest BCUT2D eigenvalue weighted by Gasteiger charge is -2.11. The number of aliphatic hydroxyl groups excluding tert-OH is 1. The molecule has 0 aliphatic rings. The average molecular weight is 429 g/mol. The first-order valence-corrected chi connectivity index (χ1v) is 10.7. The number of hydrogen-bond acceptors (Lipinski definition) is 6. The maximum absolute atomic E-state index is 10.1. The fourth-order valence-electron chi connectivity index (χ4n) is 4.13. The van der Waals surface area contributed by atoms with E-state index >= 15 is 0 Å². The van der Waals surface area contributed by atoms with Gasteiger partial charge in [0.25, 0.3) is 0 Å². The van der Waals surface area contributed by atoms with E-state index in [9.17, 15) is 5.11 Å². The van der Waals surface area contributed by atoms with Gasteiger partial charge in [-0.25, -0.2) is 10.1 Å². The summed E-state index contributed by atoms with van der Waals surface area (Å²) in [5, 5.41) is 29.0. The Bertz CT molecular complexity index is 1350. The first kappa shape index (κ1) is 20.1. The molecule has 0 fully saturated rings. The average Bonchev–Trinajstić information content (AvgIpc) is 3.56. The molecule has 0 radical (unpaired) electrons. The van der Waals surface area contributed by atoms with Gasteiger partial charge in [0, 0.05) is 17.5 Å². The van der Waals surface area contributed by atoms with Gasteiger partial charge < -0.3 is 5.11 Å². The second-order valence-electron chi connectivity index (χ2n) is 7.58. The Labute approximate surface area is 184 Å². The zero-order chi connectivity index (χ0) is 22.1. The minimum Gasteiger partial charge on any atom is -0.390 e. The maximum atomic E-state index is 10.1. The molecule has 3 heterocycles. The summed E-state index contributed by atoms with van der Waals surface area (Å²) < 4.78 is 3.85. The molecule has 9 heteroatoms. The Kier molecular flexibility index (Phi) is 5.24. The zero-order valence-corrected chi connectivity index (χ0v) is 18.0. The second-order valence-corrected chi connectivity index (χ2v) is 7.58. The van der Waals surface area contributed by atoms with Crippen LogP contribution in [0.15, 0.2) is 48.5 Å². The van der Waals surface area contributed by atoms with Crippen LogP contribution in [0.5, 0.6) is 0 Å². The molecule has 3 aromatic heterocycles. The van der Waals surface area contributed by atoms with Crippen molar-refractivity contribution in [2.24, 2.45) is 0 Å². The molecule has 0 unspecified atom stereocenters. The molecule has 32 heavy (non-hydrogen) atoms. The van der Waals surface area contributed by atoms with E-state index in [0.717, 1.165) is 57.8 Å². The third kappa shape index (κ3) is 3.36. The summed E-state index contributed by atoms with van der Waals surface area (Å²) in [5.41, 5.74) is 6.92. The van der Waals surface area contributed by atoms with Crippen molar-refractivity contribution in [3.63, 3.8) is 0 Å². The molecule has 0 amide bonds. The number of benzene rings is 2. The quantitative estimate of drug-likeness (QED) is 0.412. The number of tetrazole rings is 1. The molecule has 5 rings (SSSR count). The number of hydrogen-bond donors (Lipinski definition) is 2. The first-order valence-electron chi connectivity index (χ1n) is 10.7. The van der Waals surface area contributed by atoms with Crippen LogP contribution in [-0.2, 0) is 26.0 Å². The van der Waals surface area contributed by atoms with Crippen molar-refractivity contribution >= 4 is 5.65 Å². The van der Waals surface area contributed by atoms with Crippen LogP contribution in [0.3, 0.4) is 0 Å². The predicted octanol–water partition coefficient (Wildman–Crippen LogP) is 3.04. The van der Waals surface area contributed by atoms with Crippen LogP contribution in [0, 0.1) is 0 Å². The Morgan fingerprint density at radius 1 is 0.969 bits per heavy atom. The van der Waals surface area contributed by atoms with Gasteiger partial charge in [0.15, 0.2) is 17.3 Å². The van der Waals surface area contributed by atoms with E-state index in [1.165, 1.54) is 0 Å². The topological polar surface area (TPSA) is 110 Å². The summed E-state index contributed by atoms with van der Waals surface area (Å²) in [6.45, 7) is 4.66. The zero-order valence-electron chi connectivity index (χ0n) is 18.0. The van der Waals surface area contributed by atoms with E-state index in [1.54, 1.807) is 0 Å². The number of nitrogens with zero attached hydrogens (tertiary/aromatic N) is 7. The number of aromatic amines is 1. The third-order valence-electron chi connectivity index (χ3n) is 5.74. The number of fused-ring (bicyclic) bond motifs is 1. The monoisotopic (exact) mass is 428 g/mol. The minimum atomic E-state index is -0.0493. The molecule has 0 saturated carbocycles. The van der Waals surface area contributed by atoms with E-state index in [2.05, 4.69) is 68.0 Å². The molecule has 0 bridgehead atoms. The molecule has 0 aliphatic carbocycles. The normalized spacial score (nSPS) is 11.5. The molecular weight excluding hydrogens is 404 g/mol. The number of aliphatic hydroxyl groups is 1. The predicted molar refractivity (Wildman–Crippen MR) is 120 cm³/mol. The molecule has 9 nitrogen and oxygen atoms in total. The van der Waals surface area contributed by atoms with Crippen LogP contribution in [0.4, 0.5) is 0 Å². The second kappa shape index (κ2) is 8.35. The van der Waals surface area contributed by atoms with E-state index < -0.39 is 0 Å². The summed E-state index contributed by atoms with van der Waals surface area (Å²) in [6.07, 6.45) is 1.56. The fourth-order valence-corrected chi connectivity index (χ4v) is 4.13. The van der Waals surface area contributed by atoms with E-state index in [-0.39, 0.29) is 6.61 Å². The third-order valence-corrected chi connectivity index (χ3v) is 5.74. The van der Waals surface area contributed by atoms with Gasteiger partial charge in [0.05, 0.1) is 18.8 Å². The number of aryl methyl sites for hydroxylation is 2. The number of aromatic nitrogens is 8. The smallest absolute Gasteiger partial charge is 0.180 e. The molecule has 2 N–H and O–H groups in total. The lowest BCUT2D eigenvalue weighted by Crippen LogP contribution is -2.12. The summed E-state index contributed by atoms with van der Waals surface area (Å²) in [7, 11) is 0. The van der Waals surface area contributed by atoms with Crippen LogP contribution < -0.4 is 0 Å². The molecule has 0 aliphatic heterocycles. The van der Waals surface area contributed by atoms with Crippen LogP contribution >= 0.6 is 0 Å². The van der Waals surface area contributed by atoms with Gasteiger partial charge in [-0.1, -0.05) is 62.4 Å². The van der Waals surface area contributed by atoms with Crippen molar-refractivity contribution in [1.29, 1.82) is 0 Å². The lowest BCUT2D eigenvalue weighted by molar-refractivity contribution is 0.265. The van der Waals surface area contributed by atoms with Crippen molar-refractivity contribution in [1.82, 2.24) is 40.0 Å². The Hall–Kier alpha value is -3.85. The highest BCUT2D eigenvalue weighted by Gasteiger charge is 2.19. The fraction of sp³-hybridized carbons (Fsp3) is 0.261. The standard InChI is InChI=1S/C23H24N8O/c1-3-17-20(14-32)30(31-23(17)24-21(4-2)27-31)13-15-9-11-16(12-10-15)18-7-5-6-8-19(18)22-25-28-29-26-22/h5-12,32H,3-4,13-14H2,1-2H3,(H,25,26,28,29). The van der Waals surface area contributed by atoms with Crippen LogP contribution in [0.1, 0.15) is 36.5 Å². The molecule has 0 saturated heterocycles. The lowest BCUT2D eigenvalue weighted by atomic mass is 9.98. The van der Waals surface area contributed by atoms with Gasteiger partial charge in [-0.3, -0.25) is 4.68 Å². The molecule has 0 spiro atoms. The van der Waals surface area contributed by atoms with Crippen molar-refractivity contribution in [2.75, 3.05) is 0 Å². The van der Waals surface area contributed by atoms with Crippen molar-refractivity contribution < 1.29 is 5.11 Å². The van der Waals surface area contributed by atoms with Gasteiger partial charge in [0.2, 0.25) is 0 Å². The van der Waals surface area contributed by atoms with Crippen LogP contribution in [-0.4, -0.2) is 45.1 Å². The SMILES string of the molecule is CCc1nc2c(CC)c(CO)n(Cc3ccc(-c4ccccc4-c4nnn[nH]4)cc3)n2n1. The van der Waals surface area contributed by atoms with Crippen molar-refractivity contribution in [3.8, 4) is 22.5 Å². The summed E-state index contributed by atoms with van der Waals surface area (Å²) >= 11 is 0. The number of nitrogens with one attached hydrogen (secondary N) is 1. The molecular formula is C23H24N8O. The highest BCUT2D eigenvalue weighted by molar-refractivity contribution is 5.80. The van der Waals surface area contributed by atoms with Crippen LogP contribution in [0.25, 0.3) is 28.2 Å². The Morgan fingerprint density at radius 3 is 2.41 bits per heavy atom. The molecule has 2 aromatic carbocycles. The summed E-state index contributed by atoms with van der Waals surface area (Å²) in [6, 6.07) is 16.4. The summed E-state index contributed by atoms with van der Waals surface area (Å²) in [4.78, 5) is 4.66. The van der Waals surface area contributed by atoms with Gasteiger partial charge >= 0.3 is 0 Å². The van der Waals surface area contributed by atoms with E-state index in [0.29, 0.717) is 12.4 Å². The van der Waals surface area contributed by atoms with Gasteiger partial charge in [-0.15, -0.1) is 10.2 Å². The van der Waals surface area contributed by atoms with Gasteiger partial charge in [-0.2, -0.15) is 4.63 Å². The highest BCUT2D eigenvalue weighted by atomic mass is 16.3. The van der Waals surface area contributed by atoms with Crippen molar-refractivity contribution in [2.45, 2.75) is 39.8 Å². The highest BCUT2D eigenvalue weighted by Crippen LogP contribution is 2.30. The maximum Gasteiger partial charge on any atom is 0.180 e. The largest absolute Gasteiger partial charge is 0.390 e. The molecule has 0 atom stereocenters. The Morgan fingerprint density at radius 2 is 1.75 bits per heavy atom. The van der Waals surface area contributed by atoms with E-state index in [1.807, 2.05) is 34.4 Å². The van der Waals surface area contributed by atoms with Crippen LogP contribution in [0.2, 0.25) is 0 Å². The van der Waals surface area contributed by atoms with Gasteiger partial charge in [-0.05, 0) is 33.5 Å². The molecule has 162 valence electrons. The first-order chi connectivity index (χ1) is 15.7.